The van der Waals surface area contributed by atoms with Crippen LogP contribution in [0, 0.1) is 5.92 Å². The first-order valence-corrected chi connectivity index (χ1v) is 17.4. The van der Waals surface area contributed by atoms with Crippen molar-refractivity contribution in [2.45, 2.75) is 52.0 Å². The number of ether oxygens (including phenoxy) is 2. The van der Waals surface area contributed by atoms with Gasteiger partial charge in [0.2, 0.25) is 0 Å². The zero-order valence-electron chi connectivity index (χ0n) is 27.0. The van der Waals surface area contributed by atoms with E-state index in [2.05, 4.69) is 50.5 Å². The summed E-state index contributed by atoms with van der Waals surface area (Å²) in [6.45, 7) is 8.18. The number of aliphatic hydroxyl groups excluding tert-OH is 1. The standard InChI is InChI=1S/C37H44N2O6Si/c1-29(26-45-46(37(2,3)4,32-21-13-7-14-22-32)33-23-15-8-16-24-33)34(25-40)39(36(42)44-28-31-19-11-6-12-20-31)38-35(41)43-27-30-17-9-5-10-18-30/h5-24,29,34,40H,25-28H2,1-4H3,(H,38,41)/t29-,34+/m1/s1. The van der Waals surface area contributed by atoms with E-state index in [1.165, 1.54) is 0 Å². The van der Waals surface area contributed by atoms with Gasteiger partial charge in [0.05, 0.1) is 12.6 Å². The van der Waals surface area contributed by atoms with E-state index in [1.807, 2.05) is 104 Å². The van der Waals surface area contributed by atoms with Crippen LogP contribution in [0.25, 0.3) is 0 Å². The Morgan fingerprint density at radius 2 is 1.17 bits per heavy atom. The lowest BCUT2D eigenvalue weighted by Gasteiger charge is -2.44. The van der Waals surface area contributed by atoms with E-state index in [1.54, 1.807) is 0 Å². The first kappa shape index (κ1) is 34.4. The van der Waals surface area contributed by atoms with Gasteiger partial charge < -0.3 is 19.0 Å². The van der Waals surface area contributed by atoms with Crippen LogP contribution in [-0.4, -0.2) is 49.9 Å². The molecular weight excluding hydrogens is 597 g/mol. The zero-order valence-corrected chi connectivity index (χ0v) is 28.0. The lowest BCUT2D eigenvalue weighted by molar-refractivity contribution is 0.00975. The molecule has 4 aromatic rings. The van der Waals surface area contributed by atoms with E-state index in [-0.39, 0.29) is 24.9 Å². The van der Waals surface area contributed by atoms with Gasteiger partial charge in [-0.25, -0.2) is 20.0 Å². The number of aliphatic hydroxyl groups is 1. The number of nitrogens with zero attached hydrogens (tertiary/aromatic N) is 1. The van der Waals surface area contributed by atoms with Crippen molar-refractivity contribution in [1.82, 2.24) is 10.4 Å². The molecule has 4 rings (SSSR count). The normalized spacial score (nSPS) is 12.9. The number of carbonyl (C=O) groups excluding carboxylic acids is 2. The summed E-state index contributed by atoms with van der Waals surface area (Å²) in [4.78, 5) is 26.5. The van der Waals surface area contributed by atoms with Gasteiger partial charge in [-0.2, -0.15) is 0 Å². The first-order chi connectivity index (χ1) is 22.2. The summed E-state index contributed by atoms with van der Waals surface area (Å²) in [5, 5.41) is 13.6. The van der Waals surface area contributed by atoms with Gasteiger partial charge in [0.1, 0.15) is 13.2 Å². The highest BCUT2D eigenvalue weighted by Crippen LogP contribution is 2.37. The summed E-state index contributed by atoms with van der Waals surface area (Å²) in [5.41, 5.74) is 4.12. The summed E-state index contributed by atoms with van der Waals surface area (Å²) in [7, 11) is -2.90. The summed E-state index contributed by atoms with van der Waals surface area (Å²) in [6.07, 6.45) is -1.67. The van der Waals surface area contributed by atoms with E-state index in [0.29, 0.717) is 0 Å². The average molecular weight is 641 g/mol. The fourth-order valence-electron chi connectivity index (χ4n) is 5.55. The van der Waals surface area contributed by atoms with E-state index >= 15 is 0 Å². The van der Waals surface area contributed by atoms with Crippen molar-refractivity contribution in [3.05, 3.63) is 132 Å². The first-order valence-electron chi connectivity index (χ1n) is 15.5. The van der Waals surface area contributed by atoms with Gasteiger partial charge in [-0.05, 0) is 26.5 Å². The Hall–Kier alpha value is -4.44. The second-order valence-corrected chi connectivity index (χ2v) is 16.6. The quantitative estimate of drug-likeness (QED) is 0.145. The molecule has 2 atom stereocenters. The van der Waals surface area contributed by atoms with E-state index in [9.17, 15) is 14.7 Å². The van der Waals surface area contributed by atoms with Crippen LogP contribution in [0.1, 0.15) is 38.8 Å². The molecule has 0 aliphatic heterocycles. The molecule has 8 nitrogen and oxygen atoms in total. The molecule has 9 heteroatoms. The number of benzene rings is 4. The molecule has 0 saturated carbocycles. The van der Waals surface area contributed by atoms with E-state index in [0.717, 1.165) is 26.5 Å². The minimum atomic E-state index is -2.90. The van der Waals surface area contributed by atoms with Crippen molar-refractivity contribution in [3.8, 4) is 0 Å². The van der Waals surface area contributed by atoms with Gasteiger partial charge in [-0.15, -0.1) is 0 Å². The fourth-order valence-corrected chi connectivity index (χ4v) is 10.2. The molecule has 0 bridgehead atoms. The van der Waals surface area contributed by atoms with Crippen LogP contribution in [-0.2, 0) is 27.1 Å². The second-order valence-electron chi connectivity index (χ2n) is 12.3. The van der Waals surface area contributed by atoms with Crippen molar-refractivity contribution >= 4 is 30.9 Å². The third-order valence-electron chi connectivity index (χ3n) is 7.98. The largest absolute Gasteiger partial charge is 0.443 e. The molecule has 0 unspecified atom stereocenters. The van der Waals surface area contributed by atoms with Crippen LogP contribution in [0.3, 0.4) is 0 Å². The smallest absolute Gasteiger partial charge is 0.429 e. The molecule has 0 aromatic heterocycles. The molecule has 2 amide bonds. The van der Waals surface area contributed by atoms with Crippen molar-refractivity contribution in [2.75, 3.05) is 13.2 Å². The number of rotatable bonds is 12. The lowest BCUT2D eigenvalue weighted by atomic mass is 10.0. The van der Waals surface area contributed by atoms with Gasteiger partial charge in [0, 0.05) is 12.5 Å². The maximum Gasteiger partial charge on any atom is 0.429 e. The SMILES string of the molecule is C[C@H](CO[Si](c1ccccc1)(c1ccccc1)C(C)(C)C)[C@H](CO)N(NC(=O)OCc1ccccc1)C(=O)OCc1ccccc1. The number of hydrogen-bond acceptors (Lipinski definition) is 6. The molecule has 0 aliphatic rings. The van der Waals surface area contributed by atoms with Crippen molar-refractivity contribution in [1.29, 1.82) is 0 Å². The van der Waals surface area contributed by atoms with Crippen LogP contribution < -0.4 is 15.8 Å². The Labute approximate surface area is 273 Å². The Kier molecular flexibility index (Phi) is 12.1. The Balaban J connectivity index is 1.59. The summed E-state index contributed by atoms with van der Waals surface area (Å²) in [5.74, 6) is -0.426. The monoisotopic (exact) mass is 640 g/mol. The third kappa shape index (κ3) is 8.63. The Bertz CT molecular complexity index is 1460. The Morgan fingerprint density at radius 1 is 0.739 bits per heavy atom. The second kappa shape index (κ2) is 16.2. The maximum absolute atomic E-state index is 13.5. The van der Waals surface area contributed by atoms with Crippen molar-refractivity contribution in [2.24, 2.45) is 5.92 Å². The average Bonchev–Trinajstić information content (AvgIpc) is 3.07. The minimum absolute atomic E-state index is 0.00981. The Morgan fingerprint density at radius 3 is 1.61 bits per heavy atom. The molecule has 46 heavy (non-hydrogen) atoms. The van der Waals surface area contributed by atoms with Crippen LogP contribution in [0.4, 0.5) is 9.59 Å². The lowest BCUT2D eigenvalue weighted by Crippen LogP contribution is -2.67. The topological polar surface area (TPSA) is 97.3 Å². The highest BCUT2D eigenvalue weighted by Gasteiger charge is 2.50. The van der Waals surface area contributed by atoms with Crippen molar-refractivity contribution < 1.29 is 28.6 Å². The van der Waals surface area contributed by atoms with Crippen LogP contribution >= 0.6 is 0 Å². The molecule has 2 N–H and O–H groups in total. The molecule has 0 fully saturated rings. The van der Waals surface area contributed by atoms with Crippen LogP contribution in [0.15, 0.2) is 121 Å². The van der Waals surface area contributed by atoms with Crippen molar-refractivity contribution in [3.63, 3.8) is 0 Å². The highest BCUT2D eigenvalue weighted by atomic mass is 28.4. The van der Waals surface area contributed by atoms with Gasteiger partial charge in [0.25, 0.3) is 8.32 Å². The van der Waals surface area contributed by atoms with Gasteiger partial charge >= 0.3 is 12.2 Å². The molecule has 4 aromatic carbocycles. The molecule has 0 heterocycles. The molecular formula is C37H44N2O6Si. The van der Waals surface area contributed by atoms with Gasteiger partial charge in [-0.1, -0.05) is 149 Å². The van der Waals surface area contributed by atoms with Crippen LogP contribution in [0.2, 0.25) is 5.04 Å². The number of nitrogens with one attached hydrogen (secondary N) is 1. The molecule has 242 valence electrons. The number of amides is 2. The zero-order chi connectivity index (χ0) is 33.0. The van der Waals surface area contributed by atoms with E-state index in [4.69, 9.17) is 13.9 Å². The summed E-state index contributed by atoms with van der Waals surface area (Å²) >= 11 is 0. The van der Waals surface area contributed by atoms with Gasteiger partial charge in [0.15, 0.2) is 0 Å². The van der Waals surface area contributed by atoms with Gasteiger partial charge in [-0.3, -0.25) is 0 Å². The minimum Gasteiger partial charge on any atom is -0.443 e. The predicted octanol–water partition coefficient (Wildman–Crippen LogP) is 6.04. The molecule has 0 radical (unpaired) electrons. The highest BCUT2D eigenvalue weighted by molar-refractivity contribution is 6.99. The third-order valence-corrected chi connectivity index (χ3v) is 13.0. The maximum atomic E-state index is 13.5. The number of carbonyl (C=O) groups is 2. The summed E-state index contributed by atoms with van der Waals surface area (Å²) < 4.78 is 18.1. The predicted molar refractivity (Wildman–Crippen MR) is 182 cm³/mol. The number of hydrazine groups is 1. The molecule has 0 aliphatic carbocycles. The van der Waals surface area contributed by atoms with Crippen LogP contribution in [0.5, 0.6) is 0 Å². The van der Waals surface area contributed by atoms with E-state index < -0.39 is 39.1 Å². The summed E-state index contributed by atoms with van der Waals surface area (Å²) in [6, 6.07) is 38.1. The molecule has 0 saturated heterocycles. The molecule has 0 spiro atoms. The fraction of sp³-hybridized carbons (Fsp3) is 0.297. The number of hydrogen-bond donors (Lipinski definition) is 2.